The minimum absolute atomic E-state index is 0.126. The van der Waals surface area contributed by atoms with Gasteiger partial charge in [0.25, 0.3) is 5.91 Å². The number of halogens is 3. The molecule has 3 nitrogen and oxygen atoms in total. The van der Waals surface area contributed by atoms with Crippen LogP contribution in [0, 0.1) is 5.92 Å². The summed E-state index contributed by atoms with van der Waals surface area (Å²) in [6.45, 7) is 3.70. The quantitative estimate of drug-likeness (QED) is 0.658. The molecule has 1 fully saturated rings. The van der Waals surface area contributed by atoms with Crippen molar-refractivity contribution in [2.24, 2.45) is 5.92 Å². The molecular formula is C20H28F3NO2. The number of rotatable bonds is 7. The molecule has 146 valence electrons. The van der Waals surface area contributed by atoms with E-state index in [0.29, 0.717) is 12.3 Å². The maximum Gasteiger partial charge on any atom is 0.416 e. The Balaban J connectivity index is 1.99. The van der Waals surface area contributed by atoms with Crippen molar-refractivity contribution in [3.05, 3.63) is 29.8 Å². The average molecular weight is 371 g/mol. The average Bonchev–Trinajstić information content (AvgIpc) is 2.58. The molecule has 0 radical (unpaired) electrons. The van der Waals surface area contributed by atoms with Crippen LogP contribution in [0.3, 0.4) is 0 Å². The van der Waals surface area contributed by atoms with Gasteiger partial charge in [-0.05, 0) is 50.8 Å². The zero-order valence-corrected chi connectivity index (χ0v) is 15.4. The lowest BCUT2D eigenvalue weighted by atomic mass is 9.85. The van der Waals surface area contributed by atoms with Gasteiger partial charge in [0.2, 0.25) is 0 Å². The van der Waals surface area contributed by atoms with Gasteiger partial charge in [-0.1, -0.05) is 38.2 Å². The topological polar surface area (TPSA) is 38.3 Å². The van der Waals surface area contributed by atoms with Crippen LogP contribution in [0.4, 0.5) is 18.9 Å². The highest BCUT2D eigenvalue weighted by atomic mass is 19.4. The first-order valence-electron chi connectivity index (χ1n) is 9.39. The molecule has 0 heterocycles. The van der Waals surface area contributed by atoms with Gasteiger partial charge in [-0.3, -0.25) is 4.79 Å². The second-order valence-electron chi connectivity index (χ2n) is 7.32. The number of carbonyl (C=O) groups is 1. The van der Waals surface area contributed by atoms with Crippen molar-refractivity contribution in [1.29, 1.82) is 0 Å². The molecule has 0 saturated heterocycles. The molecule has 1 aliphatic carbocycles. The van der Waals surface area contributed by atoms with Crippen LogP contribution in [0.25, 0.3) is 0 Å². The third kappa shape index (κ3) is 6.63. The van der Waals surface area contributed by atoms with Gasteiger partial charge in [0, 0.05) is 5.69 Å². The molecule has 0 aromatic heterocycles. The first-order chi connectivity index (χ1) is 12.3. The molecule has 1 aromatic carbocycles. The number of nitrogens with one attached hydrogen (secondary N) is 1. The van der Waals surface area contributed by atoms with E-state index < -0.39 is 17.8 Å². The summed E-state index contributed by atoms with van der Waals surface area (Å²) in [6.07, 6.45) is 2.40. The second kappa shape index (κ2) is 9.40. The number of alkyl halides is 3. The summed E-state index contributed by atoms with van der Waals surface area (Å²) in [5.74, 6) is 0.234. The van der Waals surface area contributed by atoms with Crippen molar-refractivity contribution in [2.45, 2.75) is 77.2 Å². The highest BCUT2D eigenvalue weighted by molar-refractivity contribution is 5.94. The molecule has 2 rings (SSSR count). The summed E-state index contributed by atoms with van der Waals surface area (Å²) in [5.41, 5.74) is -0.640. The highest BCUT2D eigenvalue weighted by Gasteiger charge is 2.31. The van der Waals surface area contributed by atoms with E-state index in [1.807, 2.05) is 13.8 Å². The minimum atomic E-state index is -4.43. The van der Waals surface area contributed by atoms with Gasteiger partial charge in [0.15, 0.2) is 0 Å². The Labute approximate surface area is 153 Å². The molecule has 1 atom stereocenters. The van der Waals surface area contributed by atoms with Gasteiger partial charge in [-0.25, -0.2) is 0 Å². The zero-order chi connectivity index (χ0) is 19.2. The van der Waals surface area contributed by atoms with E-state index in [1.54, 1.807) is 0 Å². The third-order valence-corrected chi connectivity index (χ3v) is 4.75. The van der Waals surface area contributed by atoms with Crippen molar-refractivity contribution < 1.29 is 22.7 Å². The van der Waals surface area contributed by atoms with E-state index in [1.165, 1.54) is 44.2 Å². The van der Waals surface area contributed by atoms with E-state index >= 15 is 0 Å². The molecule has 0 aliphatic heterocycles. The molecule has 26 heavy (non-hydrogen) atoms. The lowest BCUT2D eigenvalue weighted by Gasteiger charge is -2.25. The van der Waals surface area contributed by atoms with Crippen molar-refractivity contribution >= 4 is 11.6 Å². The Bertz CT molecular complexity index is 581. The monoisotopic (exact) mass is 371 g/mol. The number of hydrogen-bond donors (Lipinski definition) is 1. The highest BCUT2D eigenvalue weighted by Crippen LogP contribution is 2.31. The molecule has 1 N–H and O–H groups in total. The van der Waals surface area contributed by atoms with E-state index in [-0.39, 0.29) is 17.7 Å². The molecule has 1 aliphatic rings. The lowest BCUT2D eigenvalue weighted by Crippen LogP contribution is -2.33. The fourth-order valence-corrected chi connectivity index (χ4v) is 3.45. The summed E-state index contributed by atoms with van der Waals surface area (Å²) >= 11 is 0. The van der Waals surface area contributed by atoms with Crippen molar-refractivity contribution in [3.63, 3.8) is 0 Å². The first kappa shape index (κ1) is 20.7. The standard InChI is InChI=1S/C20H28F3NO2/c1-14(2)26-18(12-11-15-7-4-3-5-8-15)19(25)24-17-10-6-9-16(13-17)20(21,22)23/h6,9-10,13-15,18H,3-5,7-8,11-12H2,1-2H3,(H,24,25). The Kier molecular flexibility index (Phi) is 7.50. The number of amides is 1. The van der Waals surface area contributed by atoms with Crippen molar-refractivity contribution in [1.82, 2.24) is 0 Å². The largest absolute Gasteiger partial charge is 0.416 e. The van der Waals surface area contributed by atoms with Gasteiger partial charge in [0.05, 0.1) is 11.7 Å². The van der Waals surface area contributed by atoms with Gasteiger partial charge in [-0.15, -0.1) is 0 Å². The Morgan fingerprint density at radius 2 is 1.92 bits per heavy atom. The van der Waals surface area contributed by atoms with E-state index in [0.717, 1.165) is 18.6 Å². The normalized spacial score (nSPS) is 17.3. The molecule has 0 spiro atoms. The van der Waals surface area contributed by atoms with Crippen LogP contribution in [0.15, 0.2) is 24.3 Å². The number of anilines is 1. The van der Waals surface area contributed by atoms with Crippen LogP contribution in [-0.2, 0) is 15.7 Å². The molecule has 1 saturated carbocycles. The van der Waals surface area contributed by atoms with E-state index in [4.69, 9.17) is 4.74 Å². The van der Waals surface area contributed by atoms with Crippen LogP contribution < -0.4 is 5.32 Å². The van der Waals surface area contributed by atoms with Crippen LogP contribution in [0.1, 0.15) is 64.4 Å². The van der Waals surface area contributed by atoms with Gasteiger partial charge < -0.3 is 10.1 Å². The number of ether oxygens (including phenoxy) is 1. The SMILES string of the molecule is CC(C)OC(CCC1CCCCC1)C(=O)Nc1cccc(C(F)(F)F)c1. The van der Waals surface area contributed by atoms with E-state index in [2.05, 4.69) is 5.32 Å². The van der Waals surface area contributed by atoms with Crippen LogP contribution >= 0.6 is 0 Å². The fraction of sp³-hybridized carbons (Fsp3) is 0.650. The smallest absolute Gasteiger partial charge is 0.366 e. The summed E-state index contributed by atoms with van der Waals surface area (Å²) < 4.78 is 44.2. The van der Waals surface area contributed by atoms with Crippen molar-refractivity contribution in [2.75, 3.05) is 5.32 Å². The maximum absolute atomic E-state index is 12.8. The molecular weight excluding hydrogens is 343 g/mol. The Morgan fingerprint density at radius 3 is 2.54 bits per heavy atom. The third-order valence-electron chi connectivity index (χ3n) is 4.75. The van der Waals surface area contributed by atoms with E-state index in [9.17, 15) is 18.0 Å². The minimum Gasteiger partial charge on any atom is -0.366 e. The van der Waals surface area contributed by atoms with Gasteiger partial charge >= 0.3 is 6.18 Å². The predicted molar refractivity (Wildman–Crippen MR) is 95.9 cm³/mol. The molecule has 6 heteroatoms. The second-order valence-corrected chi connectivity index (χ2v) is 7.32. The Hall–Kier alpha value is -1.56. The zero-order valence-electron chi connectivity index (χ0n) is 15.4. The molecule has 1 amide bonds. The molecule has 0 bridgehead atoms. The molecule has 1 unspecified atom stereocenters. The molecule has 1 aromatic rings. The Morgan fingerprint density at radius 1 is 1.23 bits per heavy atom. The summed E-state index contributed by atoms with van der Waals surface area (Å²) in [7, 11) is 0. The number of hydrogen-bond acceptors (Lipinski definition) is 2. The summed E-state index contributed by atoms with van der Waals surface area (Å²) in [5, 5.41) is 2.58. The fourth-order valence-electron chi connectivity index (χ4n) is 3.45. The first-order valence-corrected chi connectivity index (χ1v) is 9.39. The van der Waals surface area contributed by atoms with Gasteiger partial charge in [0.1, 0.15) is 6.10 Å². The number of carbonyl (C=O) groups excluding carboxylic acids is 1. The van der Waals surface area contributed by atoms with Crippen LogP contribution in [-0.4, -0.2) is 18.1 Å². The summed E-state index contributed by atoms with van der Waals surface area (Å²) in [4.78, 5) is 12.6. The lowest BCUT2D eigenvalue weighted by molar-refractivity contribution is -0.137. The van der Waals surface area contributed by atoms with Crippen LogP contribution in [0.2, 0.25) is 0 Å². The number of benzene rings is 1. The van der Waals surface area contributed by atoms with Gasteiger partial charge in [-0.2, -0.15) is 13.2 Å². The maximum atomic E-state index is 12.8. The predicted octanol–water partition coefficient (Wildman–Crippen LogP) is 5.80. The van der Waals surface area contributed by atoms with Crippen molar-refractivity contribution in [3.8, 4) is 0 Å². The summed E-state index contributed by atoms with van der Waals surface area (Å²) in [6, 6.07) is 4.69. The van der Waals surface area contributed by atoms with Crippen LogP contribution in [0.5, 0.6) is 0 Å².